The highest BCUT2D eigenvalue weighted by atomic mass is 16.4. The number of nitrogens with zero attached hydrogens (tertiary/aromatic N) is 3. The van der Waals surface area contributed by atoms with Gasteiger partial charge in [-0.15, -0.1) is 0 Å². The number of rotatable bonds is 6. The summed E-state index contributed by atoms with van der Waals surface area (Å²) in [6, 6.07) is 23.9. The smallest absolute Gasteiger partial charge is 0.305 e. The first-order valence-electron chi connectivity index (χ1n) is 10.5. The fraction of sp³-hybridized carbons (Fsp3) is 0.0769. The topological polar surface area (TPSA) is 97.1 Å². The highest BCUT2D eigenvalue weighted by molar-refractivity contribution is 6.11. The van der Waals surface area contributed by atoms with Gasteiger partial charge >= 0.3 is 5.97 Å². The number of carboxylic acids is 1. The summed E-state index contributed by atoms with van der Waals surface area (Å²) < 4.78 is 1.84. The molecule has 162 valence electrons. The molecule has 0 saturated heterocycles. The first-order valence-corrected chi connectivity index (χ1v) is 10.5. The average Bonchev–Trinajstić information content (AvgIpc) is 3.25. The maximum atomic E-state index is 13.0. The van der Waals surface area contributed by atoms with Gasteiger partial charge < -0.3 is 15.0 Å². The SMILES string of the molecule is O=C(O)CC(c1ccccc1)n1cnc2ccc(NC(=O)c3nccc4ccccc34)cc21. The molecule has 2 aromatic heterocycles. The molecule has 0 aliphatic heterocycles. The van der Waals surface area contributed by atoms with Crippen LogP contribution in [0.2, 0.25) is 0 Å². The second-order valence-electron chi connectivity index (χ2n) is 7.71. The Morgan fingerprint density at radius 1 is 0.939 bits per heavy atom. The van der Waals surface area contributed by atoms with Crippen molar-refractivity contribution in [2.75, 3.05) is 5.32 Å². The number of carbonyl (C=O) groups is 2. The molecule has 5 aromatic rings. The van der Waals surface area contributed by atoms with Gasteiger partial charge in [-0.25, -0.2) is 4.98 Å². The number of fused-ring (bicyclic) bond motifs is 2. The van der Waals surface area contributed by atoms with Crippen LogP contribution < -0.4 is 5.32 Å². The minimum atomic E-state index is -0.905. The van der Waals surface area contributed by atoms with E-state index in [9.17, 15) is 14.7 Å². The Bertz CT molecular complexity index is 1470. The number of aliphatic carboxylic acids is 1. The van der Waals surface area contributed by atoms with Crippen molar-refractivity contribution in [3.8, 4) is 0 Å². The molecule has 3 aromatic carbocycles. The summed E-state index contributed by atoms with van der Waals surface area (Å²) >= 11 is 0. The number of hydrogen-bond acceptors (Lipinski definition) is 4. The first kappa shape index (κ1) is 20.4. The largest absolute Gasteiger partial charge is 0.481 e. The van der Waals surface area contributed by atoms with Crippen molar-refractivity contribution in [1.29, 1.82) is 0 Å². The molecule has 7 heteroatoms. The third-order valence-corrected chi connectivity index (χ3v) is 5.61. The zero-order chi connectivity index (χ0) is 22.8. The van der Waals surface area contributed by atoms with Crippen LogP contribution in [-0.4, -0.2) is 31.5 Å². The monoisotopic (exact) mass is 436 g/mol. The number of hydrogen-bond donors (Lipinski definition) is 2. The highest BCUT2D eigenvalue weighted by Gasteiger charge is 2.20. The van der Waals surface area contributed by atoms with E-state index in [2.05, 4.69) is 15.3 Å². The van der Waals surface area contributed by atoms with Gasteiger partial charge in [-0.3, -0.25) is 14.6 Å². The van der Waals surface area contributed by atoms with Gasteiger partial charge in [-0.05, 0) is 35.2 Å². The maximum Gasteiger partial charge on any atom is 0.305 e. The molecule has 7 nitrogen and oxygen atoms in total. The summed E-state index contributed by atoms with van der Waals surface area (Å²) in [6.45, 7) is 0. The Labute approximate surface area is 189 Å². The lowest BCUT2D eigenvalue weighted by molar-refractivity contribution is -0.137. The van der Waals surface area contributed by atoms with Crippen molar-refractivity contribution in [2.45, 2.75) is 12.5 Å². The Balaban J connectivity index is 1.51. The Kier molecular flexibility index (Phi) is 5.28. The molecule has 0 aliphatic rings. The number of aromatic nitrogens is 3. The average molecular weight is 436 g/mol. The van der Waals surface area contributed by atoms with Gasteiger partial charge in [0, 0.05) is 17.3 Å². The number of nitrogens with one attached hydrogen (secondary N) is 1. The second-order valence-corrected chi connectivity index (χ2v) is 7.71. The third kappa shape index (κ3) is 4.04. The highest BCUT2D eigenvalue weighted by Crippen LogP contribution is 2.28. The van der Waals surface area contributed by atoms with Gasteiger partial charge in [0.05, 0.1) is 29.8 Å². The number of anilines is 1. The predicted octanol–water partition coefficient (Wildman–Crippen LogP) is 4.90. The standard InChI is InChI=1S/C26H20N4O3/c31-24(32)15-22(18-7-2-1-3-8-18)30-16-28-21-11-10-19(14-23(21)30)29-26(33)25-20-9-5-4-6-17(20)12-13-27-25/h1-14,16,22H,15H2,(H,29,33)(H,31,32). The first-order chi connectivity index (χ1) is 16.1. The number of carbonyl (C=O) groups excluding carboxylic acids is 1. The van der Waals surface area contributed by atoms with Crippen molar-refractivity contribution in [2.24, 2.45) is 0 Å². The quantitative estimate of drug-likeness (QED) is 0.395. The van der Waals surface area contributed by atoms with E-state index in [-0.39, 0.29) is 12.3 Å². The molecular weight excluding hydrogens is 416 g/mol. The van der Waals surface area contributed by atoms with E-state index in [1.165, 1.54) is 0 Å². The molecular formula is C26H20N4O3. The Morgan fingerprint density at radius 3 is 2.55 bits per heavy atom. The van der Waals surface area contributed by atoms with E-state index in [0.29, 0.717) is 16.9 Å². The van der Waals surface area contributed by atoms with Crippen LogP contribution in [0.5, 0.6) is 0 Å². The fourth-order valence-corrected chi connectivity index (χ4v) is 4.06. The van der Waals surface area contributed by atoms with E-state index in [0.717, 1.165) is 21.9 Å². The molecule has 0 spiro atoms. The minimum Gasteiger partial charge on any atom is -0.481 e. The van der Waals surface area contributed by atoms with Gasteiger partial charge in [0.25, 0.3) is 5.91 Å². The normalized spacial score (nSPS) is 12.0. The van der Waals surface area contributed by atoms with Crippen LogP contribution in [-0.2, 0) is 4.79 Å². The van der Waals surface area contributed by atoms with Crippen LogP contribution in [0, 0.1) is 0 Å². The molecule has 1 unspecified atom stereocenters. The molecule has 0 aliphatic carbocycles. The number of benzene rings is 3. The molecule has 1 atom stereocenters. The lowest BCUT2D eigenvalue weighted by atomic mass is 10.0. The van der Waals surface area contributed by atoms with Crippen LogP contribution in [0.25, 0.3) is 21.8 Å². The molecule has 5 rings (SSSR count). The Morgan fingerprint density at radius 2 is 1.73 bits per heavy atom. The zero-order valence-electron chi connectivity index (χ0n) is 17.6. The third-order valence-electron chi connectivity index (χ3n) is 5.61. The van der Waals surface area contributed by atoms with Crippen LogP contribution >= 0.6 is 0 Å². The minimum absolute atomic E-state index is 0.0913. The van der Waals surface area contributed by atoms with Crippen LogP contribution in [0.1, 0.15) is 28.5 Å². The number of carboxylic acid groups (broad SMARTS) is 1. The predicted molar refractivity (Wildman–Crippen MR) is 126 cm³/mol. The van der Waals surface area contributed by atoms with Gasteiger partial charge in [-0.1, -0.05) is 54.6 Å². The van der Waals surface area contributed by atoms with Crippen molar-refractivity contribution in [1.82, 2.24) is 14.5 Å². The van der Waals surface area contributed by atoms with Crippen LogP contribution in [0.15, 0.2) is 91.4 Å². The fourth-order valence-electron chi connectivity index (χ4n) is 4.06. The summed E-state index contributed by atoms with van der Waals surface area (Å²) in [5, 5.41) is 14.1. The summed E-state index contributed by atoms with van der Waals surface area (Å²) in [5.74, 6) is -1.22. The molecule has 2 N–H and O–H groups in total. The summed E-state index contributed by atoms with van der Waals surface area (Å²) in [4.78, 5) is 33.3. The Hall–Kier alpha value is -4.52. The maximum absolute atomic E-state index is 13.0. The molecule has 33 heavy (non-hydrogen) atoms. The van der Waals surface area contributed by atoms with Gasteiger partial charge in [-0.2, -0.15) is 0 Å². The van der Waals surface area contributed by atoms with E-state index in [1.54, 1.807) is 24.7 Å². The van der Waals surface area contributed by atoms with Gasteiger partial charge in [0.1, 0.15) is 5.69 Å². The lowest BCUT2D eigenvalue weighted by Gasteiger charge is -2.18. The van der Waals surface area contributed by atoms with Gasteiger partial charge in [0.15, 0.2) is 0 Å². The molecule has 2 heterocycles. The van der Waals surface area contributed by atoms with Crippen molar-refractivity contribution >= 4 is 39.4 Å². The van der Waals surface area contributed by atoms with E-state index >= 15 is 0 Å². The zero-order valence-corrected chi connectivity index (χ0v) is 17.6. The van der Waals surface area contributed by atoms with Crippen molar-refractivity contribution in [3.63, 3.8) is 0 Å². The molecule has 0 radical (unpaired) electrons. The van der Waals surface area contributed by atoms with E-state index < -0.39 is 12.0 Å². The molecule has 1 amide bonds. The van der Waals surface area contributed by atoms with Crippen molar-refractivity contribution in [3.05, 3.63) is 103 Å². The summed E-state index contributed by atoms with van der Waals surface area (Å²) in [5.41, 5.74) is 3.23. The molecule has 0 saturated carbocycles. The summed E-state index contributed by atoms with van der Waals surface area (Å²) in [6.07, 6.45) is 3.17. The molecule has 0 bridgehead atoms. The van der Waals surface area contributed by atoms with Crippen LogP contribution in [0.4, 0.5) is 5.69 Å². The van der Waals surface area contributed by atoms with E-state index in [1.807, 2.05) is 71.3 Å². The van der Waals surface area contributed by atoms with Gasteiger partial charge in [0.2, 0.25) is 0 Å². The number of pyridine rings is 1. The summed E-state index contributed by atoms with van der Waals surface area (Å²) in [7, 11) is 0. The molecule has 0 fully saturated rings. The van der Waals surface area contributed by atoms with E-state index in [4.69, 9.17) is 0 Å². The van der Waals surface area contributed by atoms with Crippen LogP contribution in [0.3, 0.4) is 0 Å². The number of imidazole rings is 1. The van der Waals surface area contributed by atoms with Crippen molar-refractivity contribution < 1.29 is 14.7 Å². The number of amides is 1. The lowest BCUT2D eigenvalue weighted by Crippen LogP contribution is -2.15. The second kappa shape index (κ2) is 8.55.